The lowest BCUT2D eigenvalue weighted by molar-refractivity contribution is -0.118. The SMILES string of the molecule is O=C(CBr)NCCCN1CCc2ccccc21. The van der Waals surface area contributed by atoms with E-state index in [1.54, 1.807) is 0 Å². The summed E-state index contributed by atoms with van der Waals surface area (Å²) in [6.45, 7) is 2.87. The number of nitrogens with one attached hydrogen (secondary N) is 1. The van der Waals surface area contributed by atoms with Crippen LogP contribution < -0.4 is 10.2 Å². The zero-order chi connectivity index (χ0) is 12.1. The van der Waals surface area contributed by atoms with Crippen LogP contribution in [0, 0.1) is 0 Å². The molecule has 1 aliphatic heterocycles. The van der Waals surface area contributed by atoms with E-state index in [4.69, 9.17) is 0 Å². The average Bonchev–Trinajstić information content (AvgIpc) is 2.78. The van der Waals surface area contributed by atoms with Gasteiger partial charge in [0, 0.05) is 25.3 Å². The molecule has 0 saturated carbocycles. The van der Waals surface area contributed by atoms with Gasteiger partial charge in [0.05, 0.1) is 5.33 Å². The highest BCUT2D eigenvalue weighted by atomic mass is 79.9. The van der Waals surface area contributed by atoms with E-state index < -0.39 is 0 Å². The van der Waals surface area contributed by atoms with Gasteiger partial charge in [0.25, 0.3) is 0 Å². The fourth-order valence-corrected chi connectivity index (χ4v) is 2.38. The van der Waals surface area contributed by atoms with E-state index in [1.165, 1.54) is 11.3 Å². The third-order valence-electron chi connectivity index (χ3n) is 3.03. The number of para-hydroxylation sites is 1. The van der Waals surface area contributed by atoms with Crippen LogP contribution in [0.5, 0.6) is 0 Å². The first-order valence-corrected chi connectivity index (χ1v) is 7.09. The van der Waals surface area contributed by atoms with Gasteiger partial charge >= 0.3 is 0 Å². The number of hydrogen-bond donors (Lipinski definition) is 1. The molecular weight excluding hydrogens is 280 g/mol. The highest BCUT2D eigenvalue weighted by Crippen LogP contribution is 2.26. The fourth-order valence-electron chi connectivity index (χ4n) is 2.18. The van der Waals surface area contributed by atoms with Crippen molar-refractivity contribution in [2.24, 2.45) is 0 Å². The molecule has 0 spiro atoms. The third-order valence-corrected chi connectivity index (χ3v) is 3.54. The fraction of sp³-hybridized carbons (Fsp3) is 0.462. The molecule has 0 aliphatic carbocycles. The molecule has 4 heteroatoms. The first kappa shape index (κ1) is 12.4. The minimum atomic E-state index is 0.0619. The first-order chi connectivity index (χ1) is 8.31. The van der Waals surface area contributed by atoms with E-state index in [9.17, 15) is 4.79 Å². The Labute approximate surface area is 110 Å². The normalized spacial score (nSPS) is 13.6. The number of fused-ring (bicyclic) bond motifs is 1. The van der Waals surface area contributed by atoms with Crippen molar-refractivity contribution >= 4 is 27.5 Å². The number of rotatable bonds is 5. The molecule has 92 valence electrons. The molecule has 0 fully saturated rings. The Morgan fingerprint density at radius 3 is 3.06 bits per heavy atom. The van der Waals surface area contributed by atoms with Gasteiger partial charge in [-0.05, 0) is 24.5 Å². The summed E-state index contributed by atoms with van der Waals surface area (Å²) in [4.78, 5) is 13.4. The van der Waals surface area contributed by atoms with Crippen molar-refractivity contribution < 1.29 is 4.79 Å². The Bertz CT molecular complexity index is 395. The minimum Gasteiger partial charge on any atom is -0.371 e. The van der Waals surface area contributed by atoms with E-state index in [0.29, 0.717) is 5.33 Å². The molecular formula is C13H17BrN2O. The maximum atomic E-state index is 11.0. The Kier molecular flexibility index (Phi) is 4.42. The van der Waals surface area contributed by atoms with Crippen molar-refractivity contribution in [2.75, 3.05) is 29.9 Å². The standard InChI is InChI=1S/C13H17BrN2O/c14-10-13(17)15-7-3-8-16-9-6-11-4-1-2-5-12(11)16/h1-2,4-5H,3,6-10H2,(H,15,17). The predicted molar refractivity (Wildman–Crippen MR) is 73.8 cm³/mol. The molecule has 0 bridgehead atoms. The lowest BCUT2D eigenvalue weighted by atomic mass is 10.2. The number of amides is 1. The van der Waals surface area contributed by atoms with Crippen LogP contribution in [0.25, 0.3) is 0 Å². The number of hydrogen-bond acceptors (Lipinski definition) is 2. The van der Waals surface area contributed by atoms with E-state index in [-0.39, 0.29) is 5.91 Å². The quantitative estimate of drug-likeness (QED) is 0.665. The third kappa shape index (κ3) is 3.22. The summed E-state index contributed by atoms with van der Waals surface area (Å²) < 4.78 is 0. The maximum absolute atomic E-state index is 11.0. The van der Waals surface area contributed by atoms with Crippen LogP contribution >= 0.6 is 15.9 Å². The molecule has 1 aromatic rings. The van der Waals surface area contributed by atoms with Gasteiger partial charge in [0.15, 0.2) is 0 Å². The maximum Gasteiger partial charge on any atom is 0.230 e. The van der Waals surface area contributed by atoms with E-state index in [0.717, 1.165) is 32.5 Å². The number of nitrogens with zero attached hydrogens (tertiary/aromatic N) is 1. The van der Waals surface area contributed by atoms with Gasteiger partial charge in [-0.15, -0.1) is 0 Å². The number of halogens is 1. The lowest BCUT2D eigenvalue weighted by Crippen LogP contribution is -2.29. The summed E-state index contributed by atoms with van der Waals surface area (Å²) in [7, 11) is 0. The monoisotopic (exact) mass is 296 g/mol. The van der Waals surface area contributed by atoms with Crippen molar-refractivity contribution in [3.05, 3.63) is 29.8 Å². The number of alkyl halides is 1. The molecule has 0 saturated heterocycles. The van der Waals surface area contributed by atoms with Crippen molar-refractivity contribution in [3.8, 4) is 0 Å². The highest BCUT2D eigenvalue weighted by Gasteiger charge is 2.17. The van der Waals surface area contributed by atoms with Gasteiger partial charge in [-0.2, -0.15) is 0 Å². The molecule has 1 N–H and O–H groups in total. The van der Waals surface area contributed by atoms with Gasteiger partial charge in [-0.1, -0.05) is 34.1 Å². The summed E-state index contributed by atoms with van der Waals surface area (Å²) in [5.74, 6) is 0.0619. The van der Waals surface area contributed by atoms with Gasteiger partial charge < -0.3 is 10.2 Å². The van der Waals surface area contributed by atoms with E-state index >= 15 is 0 Å². The van der Waals surface area contributed by atoms with Crippen LogP contribution in [0.1, 0.15) is 12.0 Å². The lowest BCUT2D eigenvalue weighted by Gasteiger charge is -2.19. The van der Waals surface area contributed by atoms with Crippen molar-refractivity contribution in [3.63, 3.8) is 0 Å². The molecule has 1 amide bonds. The zero-order valence-electron chi connectivity index (χ0n) is 9.79. The van der Waals surface area contributed by atoms with E-state index in [2.05, 4.69) is 50.4 Å². The Balaban J connectivity index is 1.76. The largest absolute Gasteiger partial charge is 0.371 e. The Morgan fingerprint density at radius 1 is 1.41 bits per heavy atom. The van der Waals surface area contributed by atoms with Crippen LogP contribution in [-0.4, -0.2) is 30.9 Å². The van der Waals surface area contributed by atoms with E-state index in [1.807, 2.05) is 0 Å². The minimum absolute atomic E-state index is 0.0619. The summed E-state index contributed by atoms with van der Waals surface area (Å²) in [5, 5.41) is 3.26. The van der Waals surface area contributed by atoms with Crippen LogP contribution in [0.3, 0.4) is 0 Å². The molecule has 1 heterocycles. The first-order valence-electron chi connectivity index (χ1n) is 5.97. The molecule has 0 aromatic heterocycles. The predicted octanol–water partition coefficient (Wildman–Crippen LogP) is 1.95. The summed E-state index contributed by atoms with van der Waals surface area (Å²) >= 11 is 3.13. The van der Waals surface area contributed by atoms with Crippen molar-refractivity contribution in [1.82, 2.24) is 5.32 Å². The van der Waals surface area contributed by atoms with Crippen LogP contribution in [0.15, 0.2) is 24.3 Å². The second kappa shape index (κ2) is 6.05. The Morgan fingerprint density at radius 2 is 2.24 bits per heavy atom. The summed E-state index contributed by atoms with van der Waals surface area (Å²) in [5.41, 5.74) is 2.80. The molecule has 2 rings (SSSR count). The number of carbonyl (C=O) groups is 1. The molecule has 0 unspecified atom stereocenters. The number of anilines is 1. The average molecular weight is 297 g/mol. The second-order valence-corrected chi connectivity index (χ2v) is 4.76. The second-order valence-electron chi connectivity index (χ2n) is 4.20. The molecule has 0 radical (unpaired) electrons. The summed E-state index contributed by atoms with van der Waals surface area (Å²) in [6, 6.07) is 8.56. The summed E-state index contributed by atoms with van der Waals surface area (Å²) in [6.07, 6.45) is 2.14. The topological polar surface area (TPSA) is 32.3 Å². The van der Waals surface area contributed by atoms with Crippen molar-refractivity contribution in [1.29, 1.82) is 0 Å². The van der Waals surface area contributed by atoms with Gasteiger partial charge in [0.2, 0.25) is 5.91 Å². The molecule has 1 aromatic carbocycles. The zero-order valence-corrected chi connectivity index (χ0v) is 11.4. The van der Waals surface area contributed by atoms with Gasteiger partial charge in [-0.3, -0.25) is 4.79 Å². The van der Waals surface area contributed by atoms with Crippen LogP contribution in [0.4, 0.5) is 5.69 Å². The Hall–Kier alpha value is -1.03. The number of carbonyl (C=O) groups excluding carboxylic acids is 1. The number of benzene rings is 1. The molecule has 3 nitrogen and oxygen atoms in total. The molecule has 0 atom stereocenters. The van der Waals surface area contributed by atoms with Crippen LogP contribution in [-0.2, 0) is 11.2 Å². The van der Waals surface area contributed by atoms with Gasteiger partial charge in [-0.25, -0.2) is 0 Å². The molecule has 1 aliphatic rings. The van der Waals surface area contributed by atoms with Crippen molar-refractivity contribution in [2.45, 2.75) is 12.8 Å². The smallest absolute Gasteiger partial charge is 0.230 e. The van der Waals surface area contributed by atoms with Gasteiger partial charge in [0.1, 0.15) is 0 Å². The highest BCUT2D eigenvalue weighted by molar-refractivity contribution is 9.09. The molecule has 17 heavy (non-hydrogen) atoms. The van der Waals surface area contributed by atoms with Crippen LogP contribution in [0.2, 0.25) is 0 Å².